The Morgan fingerprint density at radius 3 is 2.48 bits per heavy atom. The molecular formula is C22H20N2O5. The summed E-state index contributed by atoms with van der Waals surface area (Å²) in [5, 5.41) is 13.6. The second-order valence-corrected chi connectivity index (χ2v) is 5.98. The van der Waals surface area contributed by atoms with Gasteiger partial charge in [-0.2, -0.15) is 0 Å². The molecule has 7 nitrogen and oxygen atoms in total. The lowest BCUT2D eigenvalue weighted by Gasteiger charge is -2.12. The summed E-state index contributed by atoms with van der Waals surface area (Å²) >= 11 is 0. The van der Waals surface area contributed by atoms with Gasteiger partial charge in [0, 0.05) is 12.1 Å². The van der Waals surface area contributed by atoms with Crippen molar-refractivity contribution in [3.05, 3.63) is 101 Å². The van der Waals surface area contributed by atoms with Crippen molar-refractivity contribution in [1.82, 2.24) is 0 Å². The number of carbonyl (C=O) groups excluding carboxylic acids is 2. The maximum Gasteiger partial charge on any atom is 0.315 e. The Bertz CT molecular complexity index is 964. The number of hydrogen-bond donors (Lipinski definition) is 1. The molecule has 1 amide bonds. The summed E-state index contributed by atoms with van der Waals surface area (Å²) in [7, 11) is 0. The van der Waals surface area contributed by atoms with E-state index in [4.69, 9.17) is 4.74 Å². The van der Waals surface area contributed by atoms with Gasteiger partial charge in [-0.1, -0.05) is 61.7 Å². The molecule has 0 spiro atoms. The van der Waals surface area contributed by atoms with Crippen molar-refractivity contribution >= 4 is 23.3 Å². The highest BCUT2D eigenvalue weighted by molar-refractivity contribution is 5.95. The summed E-state index contributed by atoms with van der Waals surface area (Å²) < 4.78 is 5.34. The Labute approximate surface area is 168 Å². The van der Waals surface area contributed by atoms with Gasteiger partial charge in [-0.25, -0.2) is 0 Å². The van der Waals surface area contributed by atoms with E-state index in [1.807, 2.05) is 6.07 Å². The highest BCUT2D eigenvalue weighted by Gasteiger charge is 2.17. The molecule has 0 saturated carbocycles. The quantitative estimate of drug-likeness (QED) is 0.225. The molecule has 148 valence electrons. The van der Waals surface area contributed by atoms with Crippen LogP contribution in [0.25, 0.3) is 0 Å². The topological polar surface area (TPSA) is 98.5 Å². The number of benzene rings is 2. The molecule has 0 aromatic heterocycles. The molecule has 0 bridgehead atoms. The minimum absolute atomic E-state index is 0.0182. The number of carbonyl (C=O) groups is 2. The molecule has 0 aliphatic heterocycles. The highest BCUT2D eigenvalue weighted by atomic mass is 16.6. The van der Waals surface area contributed by atoms with Crippen molar-refractivity contribution in [3.63, 3.8) is 0 Å². The van der Waals surface area contributed by atoms with Gasteiger partial charge in [0.15, 0.2) is 5.75 Å². The van der Waals surface area contributed by atoms with Crippen molar-refractivity contribution < 1.29 is 19.2 Å². The molecular weight excluding hydrogens is 372 g/mol. The van der Waals surface area contributed by atoms with Crippen LogP contribution in [0.1, 0.15) is 12.0 Å². The van der Waals surface area contributed by atoms with Gasteiger partial charge in [-0.15, -0.1) is 0 Å². The molecule has 0 unspecified atom stereocenters. The van der Waals surface area contributed by atoms with Gasteiger partial charge < -0.3 is 10.1 Å². The van der Waals surface area contributed by atoms with Crippen molar-refractivity contribution in [2.75, 3.05) is 5.32 Å². The van der Waals surface area contributed by atoms with Crippen LogP contribution >= 0.6 is 0 Å². The molecule has 1 N–H and O–H groups in total. The van der Waals surface area contributed by atoms with E-state index in [2.05, 4.69) is 18.5 Å². The number of esters is 1. The number of nitrogens with zero attached hydrogens (tertiary/aromatic N) is 1. The van der Waals surface area contributed by atoms with Gasteiger partial charge in [0.25, 0.3) is 5.69 Å². The number of ether oxygens (including phenoxy) is 1. The van der Waals surface area contributed by atoms with E-state index in [1.54, 1.807) is 30.3 Å². The van der Waals surface area contributed by atoms with Gasteiger partial charge in [0.05, 0.1) is 23.5 Å². The monoisotopic (exact) mass is 392 g/mol. The summed E-state index contributed by atoms with van der Waals surface area (Å²) in [5.41, 5.74) is 1.17. The number of allylic oxidation sites excluding steroid dienone is 3. The number of nitro benzene ring substituents is 1. The van der Waals surface area contributed by atoms with E-state index in [0.717, 1.165) is 11.6 Å². The van der Waals surface area contributed by atoms with Crippen molar-refractivity contribution in [2.24, 2.45) is 0 Å². The third-order valence-electron chi connectivity index (χ3n) is 3.82. The number of hydrogen-bond acceptors (Lipinski definition) is 5. The van der Waals surface area contributed by atoms with E-state index in [0.29, 0.717) is 5.57 Å². The van der Waals surface area contributed by atoms with E-state index in [9.17, 15) is 19.7 Å². The summed E-state index contributed by atoms with van der Waals surface area (Å²) in [4.78, 5) is 35.0. The highest BCUT2D eigenvalue weighted by Crippen LogP contribution is 2.30. The van der Waals surface area contributed by atoms with Crippen molar-refractivity contribution in [3.8, 4) is 5.75 Å². The summed E-state index contributed by atoms with van der Waals surface area (Å²) in [6, 6.07) is 12.6. The second kappa shape index (κ2) is 10.4. The number of anilines is 1. The van der Waals surface area contributed by atoms with E-state index >= 15 is 0 Å². The lowest BCUT2D eigenvalue weighted by molar-refractivity contribution is -0.384. The van der Waals surface area contributed by atoms with Crippen LogP contribution in [-0.4, -0.2) is 16.8 Å². The van der Waals surface area contributed by atoms with Gasteiger partial charge in [-0.3, -0.25) is 19.7 Å². The Balaban J connectivity index is 2.21. The molecule has 2 aromatic rings. The minimum Gasteiger partial charge on any atom is -0.424 e. The van der Waals surface area contributed by atoms with Crippen LogP contribution in [0.3, 0.4) is 0 Å². The van der Waals surface area contributed by atoms with E-state index in [-0.39, 0.29) is 30.0 Å². The van der Waals surface area contributed by atoms with Gasteiger partial charge >= 0.3 is 5.97 Å². The largest absolute Gasteiger partial charge is 0.424 e. The van der Waals surface area contributed by atoms with Gasteiger partial charge in [0.1, 0.15) is 0 Å². The molecule has 0 aliphatic carbocycles. The third kappa shape index (κ3) is 6.59. The normalized spacial score (nSPS) is 10.7. The lowest BCUT2D eigenvalue weighted by Crippen LogP contribution is -2.16. The maximum atomic E-state index is 12.3. The first-order valence-corrected chi connectivity index (χ1v) is 8.70. The number of nitrogens with one attached hydrogen (secondary N) is 1. The molecule has 0 saturated heterocycles. The van der Waals surface area contributed by atoms with E-state index in [1.165, 1.54) is 24.3 Å². The Hall–Kier alpha value is -4.00. The molecule has 0 atom stereocenters. The number of nitro groups is 1. The Kier molecular flexibility index (Phi) is 7.61. The predicted octanol–water partition coefficient (Wildman–Crippen LogP) is 4.37. The number of amides is 1. The first-order valence-electron chi connectivity index (χ1n) is 8.70. The van der Waals surface area contributed by atoms with Crippen LogP contribution in [-0.2, 0) is 16.0 Å². The minimum atomic E-state index is -0.599. The fourth-order valence-electron chi connectivity index (χ4n) is 2.47. The summed E-state index contributed by atoms with van der Waals surface area (Å²) in [6.07, 6.45) is 4.66. The van der Waals surface area contributed by atoms with Crippen LogP contribution in [0.4, 0.5) is 11.4 Å². The Morgan fingerprint density at radius 2 is 1.86 bits per heavy atom. The average Bonchev–Trinajstić information content (AvgIpc) is 2.69. The van der Waals surface area contributed by atoms with Crippen molar-refractivity contribution in [2.45, 2.75) is 12.8 Å². The van der Waals surface area contributed by atoms with Crippen LogP contribution < -0.4 is 10.1 Å². The fourth-order valence-corrected chi connectivity index (χ4v) is 2.47. The zero-order valence-corrected chi connectivity index (χ0v) is 15.7. The molecule has 7 heteroatoms. The van der Waals surface area contributed by atoms with Crippen LogP contribution in [0.2, 0.25) is 0 Å². The smallest absolute Gasteiger partial charge is 0.315 e. The van der Waals surface area contributed by atoms with Crippen molar-refractivity contribution in [1.29, 1.82) is 0 Å². The zero-order valence-electron chi connectivity index (χ0n) is 15.7. The molecule has 2 rings (SSSR count). The predicted molar refractivity (Wildman–Crippen MR) is 111 cm³/mol. The molecule has 0 heterocycles. The zero-order chi connectivity index (χ0) is 21.2. The summed E-state index contributed by atoms with van der Waals surface area (Å²) in [5.74, 6) is -0.976. The van der Waals surface area contributed by atoms with Crippen LogP contribution in [0.5, 0.6) is 5.75 Å². The number of non-ortho nitro benzene ring substituents is 1. The van der Waals surface area contributed by atoms with Gasteiger partial charge in [-0.05, 0) is 17.2 Å². The van der Waals surface area contributed by atoms with Gasteiger partial charge in [0.2, 0.25) is 5.91 Å². The average molecular weight is 392 g/mol. The SMILES string of the molecule is C=C/C=C(\C=C)CC(=O)Nc1cc([N+](=O)[O-])ccc1OC(=O)Cc1ccccc1. The molecule has 0 aliphatic rings. The standard InChI is InChI=1S/C22H20N2O5/c1-3-8-16(4-2)13-21(25)23-19-15-18(24(27)28)11-12-20(19)29-22(26)14-17-9-6-5-7-10-17/h3-12,15H,1-2,13-14H2,(H,23,25)/b16-8+. The second-order valence-electron chi connectivity index (χ2n) is 5.98. The molecule has 0 fully saturated rings. The third-order valence-corrected chi connectivity index (χ3v) is 3.82. The molecule has 0 radical (unpaired) electrons. The fraction of sp³-hybridized carbons (Fsp3) is 0.0909. The maximum absolute atomic E-state index is 12.3. The van der Waals surface area contributed by atoms with E-state index < -0.39 is 16.8 Å². The Morgan fingerprint density at radius 1 is 1.14 bits per heavy atom. The number of rotatable bonds is 9. The lowest BCUT2D eigenvalue weighted by atomic mass is 10.1. The summed E-state index contributed by atoms with van der Waals surface area (Å²) in [6.45, 7) is 7.18. The van der Waals surface area contributed by atoms with Crippen LogP contribution in [0.15, 0.2) is 85.5 Å². The first-order chi connectivity index (χ1) is 13.9. The molecule has 2 aromatic carbocycles. The van der Waals surface area contributed by atoms with Crippen LogP contribution in [0, 0.1) is 10.1 Å². The first kappa shape index (κ1) is 21.3. The molecule has 29 heavy (non-hydrogen) atoms.